The van der Waals surface area contributed by atoms with Crippen molar-refractivity contribution in [2.45, 2.75) is 37.5 Å². The molecule has 0 spiro atoms. The molecule has 0 unspecified atom stereocenters. The van der Waals surface area contributed by atoms with Crippen molar-refractivity contribution in [3.63, 3.8) is 0 Å². The average molecular weight is 334 g/mol. The summed E-state index contributed by atoms with van der Waals surface area (Å²) in [4.78, 5) is 27.6. The monoisotopic (exact) mass is 334 g/mol. The van der Waals surface area contributed by atoms with Crippen molar-refractivity contribution in [3.8, 4) is 0 Å². The molecule has 1 fully saturated rings. The van der Waals surface area contributed by atoms with Gasteiger partial charge in [-0.3, -0.25) is 9.59 Å². The fourth-order valence-corrected chi connectivity index (χ4v) is 3.20. The van der Waals surface area contributed by atoms with E-state index >= 15 is 0 Å². The smallest absolute Gasteiger partial charge is 0.253 e. The number of nitrogens with zero attached hydrogens (tertiary/aromatic N) is 1. The quantitative estimate of drug-likeness (QED) is 0.642. The Kier molecular flexibility index (Phi) is 6.96. The predicted molar refractivity (Wildman–Crippen MR) is 94.8 cm³/mol. The Hall–Kier alpha value is -1.49. The lowest BCUT2D eigenvalue weighted by Crippen LogP contribution is -2.43. The first kappa shape index (κ1) is 17.9. The second-order valence-corrected chi connectivity index (χ2v) is 6.82. The van der Waals surface area contributed by atoms with Crippen molar-refractivity contribution in [3.05, 3.63) is 29.8 Å². The average Bonchev–Trinajstić information content (AvgIpc) is 2.61. The molecule has 4 nitrogen and oxygen atoms in total. The highest BCUT2D eigenvalue weighted by Gasteiger charge is 2.27. The third-order valence-electron chi connectivity index (χ3n) is 4.32. The molecule has 1 N–H and O–H groups in total. The summed E-state index contributed by atoms with van der Waals surface area (Å²) in [5.41, 5.74) is 0.730. The van der Waals surface area contributed by atoms with Gasteiger partial charge in [0.1, 0.15) is 0 Å². The summed E-state index contributed by atoms with van der Waals surface area (Å²) < 4.78 is 0. The molecular formula is C18H26N2O2S. The molecule has 2 amide bonds. The lowest BCUT2D eigenvalue weighted by atomic mass is 9.95. The SMILES string of the molecule is CCCCNC(=O)C1CCN(C(=O)c2ccc(SC)cc2)CC1. The normalized spacial score (nSPS) is 15.5. The molecule has 1 aromatic carbocycles. The van der Waals surface area contributed by atoms with E-state index in [-0.39, 0.29) is 17.7 Å². The minimum Gasteiger partial charge on any atom is -0.356 e. The first-order chi connectivity index (χ1) is 11.2. The van der Waals surface area contributed by atoms with E-state index in [9.17, 15) is 9.59 Å². The Morgan fingerprint density at radius 3 is 2.43 bits per heavy atom. The number of benzene rings is 1. The lowest BCUT2D eigenvalue weighted by molar-refractivity contribution is -0.126. The number of rotatable bonds is 6. The number of thioether (sulfide) groups is 1. The number of carbonyl (C=O) groups is 2. The number of likely N-dealkylation sites (tertiary alicyclic amines) is 1. The zero-order valence-electron chi connectivity index (χ0n) is 14.0. The van der Waals surface area contributed by atoms with Gasteiger partial charge in [0.2, 0.25) is 5.91 Å². The highest BCUT2D eigenvalue weighted by atomic mass is 32.2. The zero-order chi connectivity index (χ0) is 16.7. The van der Waals surface area contributed by atoms with Crippen LogP contribution in [0.3, 0.4) is 0 Å². The zero-order valence-corrected chi connectivity index (χ0v) is 14.8. The second kappa shape index (κ2) is 8.96. The number of carbonyl (C=O) groups excluding carboxylic acids is 2. The van der Waals surface area contributed by atoms with Gasteiger partial charge >= 0.3 is 0 Å². The van der Waals surface area contributed by atoms with E-state index in [4.69, 9.17) is 0 Å². The van der Waals surface area contributed by atoms with Crippen LogP contribution in [-0.2, 0) is 4.79 Å². The van der Waals surface area contributed by atoms with Gasteiger partial charge in [0.25, 0.3) is 5.91 Å². The van der Waals surface area contributed by atoms with Gasteiger partial charge in [0, 0.05) is 36.0 Å². The maximum atomic E-state index is 12.5. The molecule has 23 heavy (non-hydrogen) atoms. The number of hydrogen-bond acceptors (Lipinski definition) is 3. The van der Waals surface area contributed by atoms with E-state index in [1.54, 1.807) is 11.8 Å². The molecule has 1 aliphatic heterocycles. The van der Waals surface area contributed by atoms with Gasteiger partial charge in [-0.1, -0.05) is 13.3 Å². The third kappa shape index (κ3) is 4.99. The molecule has 1 aliphatic rings. The molecule has 0 bridgehead atoms. The standard InChI is InChI=1S/C18H26N2O2S/c1-3-4-11-19-17(21)14-9-12-20(13-10-14)18(22)15-5-7-16(23-2)8-6-15/h5-8,14H,3-4,9-13H2,1-2H3,(H,19,21). The minimum absolute atomic E-state index is 0.0507. The van der Waals surface area contributed by atoms with Crippen LogP contribution in [0.4, 0.5) is 0 Å². The van der Waals surface area contributed by atoms with Crippen molar-refractivity contribution in [2.75, 3.05) is 25.9 Å². The van der Waals surface area contributed by atoms with E-state index < -0.39 is 0 Å². The van der Waals surface area contributed by atoms with Crippen LogP contribution in [0.25, 0.3) is 0 Å². The van der Waals surface area contributed by atoms with Gasteiger partial charge in [0.15, 0.2) is 0 Å². The summed E-state index contributed by atoms with van der Waals surface area (Å²) in [6.45, 7) is 4.20. The van der Waals surface area contributed by atoms with E-state index in [1.165, 1.54) is 0 Å². The summed E-state index contributed by atoms with van der Waals surface area (Å²) in [5.74, 6) is 0.271. The summed E-state index contributed by atoms with van der Waals surface area (Å²) in [6.07, 6.45) is 5.64. The Bertz CT molecular complexity index is 522. The van der Waals surface area contributed by atoms with Crippen molar-refractivity contribution in [2.24, 2.45) is 5.92 Å². The van der Waals surface area contributed by atoms with E-state index in [0.29, 0.717) is 13.1 Å². The first-order valence-electron chi connectivity index (χ1n) is 8.36. The van der Waals surface area contributed by atoms with Crippen LogP contribution in [0, 0.1) is 5.92 Å². The number of piperidine rings is 1. The highest BCUT2D eigenvalue weighted by molar-refractivity contribution is 7.98. The lowest BCUT2D eigenvalue weighted by Gasteiger charge is -2.31. The molecule has 2 rings (SSSR count). The summed E-state index contributed by atoms with van der Waals surface area (Å²) in [6, 6.07) is 7.73. The Balaban J connectivity index is 1.83. The van der Waals surface area contributed by atoms with Crippen LogP contribution < -0.4 is 5.32 Å². The predicted octanol–water partition coefficient (Wildman–Crippen LogP) is 3.18. The van der Waals surface area contributed by atoms with Crippen LogP contribution in [0.15, 0.2) is 29.2 Å². The molecular weight excluding hydrogens is 308 g/mol. The van der Waals surface area contributed by atoms with Gasteiger partial charge < -0.3 is 10.2 Å². The van der Waals surface area contributed by atoms with Crippen LogP contribution >= 0.6 is 11.8 Å². The molecule has 0 atom stereocenters. The van der Waals surface area contributed by atoms with Crippen LogP contribution in [0.2, 0.25) is 0 Å². The fraction of sp³-hybridized carbons (Fsp3) is 0.556. The highest BCUT2D eigenvalue weighted by Crippen LogP contribution is 2.21. The fourth-order valence-electron chi connectivity index (χ4n) is 2.79. The van der Waals surface area contributed by atoms with E-state index in [2.05, 4.69) is 12.2 Å². The van der Waals surface area contributed by atoms with Crippen molar-refractivity contribution >= 4 is 23.6 Å². The number of amides is 2. The molecule has 0 aromatic heterocycles. The van der Waals surface area contributed by atoms with Crippen LogP contribution in [0.1, 0.15) is 43.0 Å². The van der Waals surface area contributed by atoms with Gasteiger partial charge in [-0.25, -0.2) is 0 Å². The molecule has 1 aromatic rings. The van der Waals surface area contributed by atoms with Gasteiger partial charge in [-0.05, 0) is 49.8 Å². The maximum absolute atomic E-state index is 12.5. The van der Waals surface area contributed by atoms with Crippen LogP contribution in [-0.4, -0.2) is 42.6 Å². The van der Waals surface area contributed by atoms with E-state index in [1.807, 2.05) is 35.4 Å². The molecule has 0 saturated carbocycles. The number of unbranched alkanes of at least 4 members (excludes halogenated alkanes) is 1. The Morgan fingerprint density at radius 1 is 1.22 bits per heavy atom. The molecule has 0 radical (unpaired) electrons. The van der Waals surface area contributed by atoms with Crippen molar-refractivity contribution < 1.29 is 9.59 Å². The Morgan fingerprint density at radius 2 is 1.87 bits per heavy atom. The van der Waals surface area contributed by atoms with Crippen LogP contribution in [0.5, 0.6) is 0 Å². The molecule has 1 saturated heterocycles. The minimum atomic E-state index is 0.0507. The second-order valence-electron chi connectivity index (χ2n) is 5.94. The molecule has 0 aliphatic carbocycles. The first-order valence-corrected chi connectivity index (χ1v) is 9.59. The van der Waals surface area contributed by atoms with Gasteiger partial charge in [-0.15, -0.1) is 11.8 Å². The van der Waals surface area contributed by atoms with Gasteiger partial charge in [0.05, 0.1) is 0 Å². The summed E-state index contributed by atoms with van der Waals surface area (Å²) in [5, 5.41) is 3.00. The number of nitrogens with one attached hydrogen (secondary N) is 1. The van der Waals surface area contributed by atoms with Crippen molar-refractivity contribution in [1.29, 1.82) is 0 Å². The summed E-state index contributed by atoms with van der Waals surface area (Å²) in [7, 11) is 0. The maximum Gasteiger partial charge on any atom is 0.253 e. The largest absolute Gasteiger partial charge is 0.356 e. The topological polar surface area (TPSA) is 49.4 Å². The number of hydrogen-bond donors (Lipinski definition) is 1. The van der Waals surface area contributed by atoms with Gasteiger partial charge in [-0.2, -0.15) is 0 Å². The molecule has 126 valence electrons. The summed E-state index contributed by atoms with van der Waals surface area (Å²) >= 11 is 1.67. The molecule has 1 heterocycles. The molecule has 5 heteroatoms. The van der Waals surface area contributed by atoms with Crippen molar-refractivity contribution in [1.82, 2.24) is 10.2 Å². The Labute approximate surface area is 143 Å². The van der Waals surface area contributed by atoms with E-state index in [0.717, 1.165) is 42.7 Å². The third-order valence-corrected chi connectivity index (χ3v) is 5.06.